The van der Waals surface area contributed by atoms with E-state index in [1.54, 1.807) is 0 Å². The summed E-state index contributed by atoms with van der Waals surface area (Å²) in [4.78, 5) is 4.44. The lowest BCUT2D eigenvalue weighted by Gasteiger charge is -2.42. The number of rotatable bonds is 14. The molecule has 0 aliphatic carbocycles. The molecular formula is C28H44N2O6. The van der Waals surface area contributed by atoms with Gasteiger partial charge in [-0.2, -0.15) is 0 Å². The maximum absolute atomic E-state index is 10.2. The summed E-state index contributed by atoms with van der Waals surface area (Å²) in [5.41, 5.74) is 1.12. The summed E-state index contributed by atoms with van der Waals surface area (Å²) in [6.45, 7) is 4.25. The van der Waals surface area contributed by atoms with Gasteiger partial charge in [0, 0.05) is 50.9 Å². The van der Waals surface area contributed by atoms with Crippen LogP contribution in [0.2, 0.25) is 0 Å². The molecule has 2 aliphatic heterocycles. The normalized spacial score (nSPS) is 27.1. The van der Waals surface area contributed by atoms with Gasteiger partial charge in [-0.05, 0) is 25.0 Å². The lowest BCUT2D eigenvalue weighted by atomic mass is 9.98. The van der Waals surface area contributed by atoms with Crippen LogP contribution in [0.5, 0.6) is 5.75 Å². The second-order valence-electron chi connectivity index (χ2n) is 9.95. The van der Waals surface area contributed by atoms with Crippen LogP contribution >= 0.6 is 0 Å². The van der Waals surface area contributed by atoms with Gasteiger partial charge < -0.3 is 34.8 Å². The molecule has 0 bridgehead atoms. The van der Waals surface area contributed by atoms with E-state index in [-0.39, 0.29) is 0 Å². The van der Waals surface area contributed by atoms with E-state index in [0.29, 0.717) is 6.54 Å². The molecule has 36 heavy (non-hydrogen) atoms. The fourth-order valence-electron chi connectivity index (χ4n) is 4.87. The van der Waals surface area contributed by atoms with E-state index in [1.807, 2.05) is 12.1 Å². The van der Waals surface area contributed by atoms with Crippen LogP contribution in [-0.4, -0.2) is 95.4 Å². The van der Waals surface area contributed by atoms with Gasteiger partial charge in [0.25, 0.3) is 0 Å². The van der Waals surface area contributed by atoms with Crippen LogP contribution in [-0.2, 0) is 4.74 Å². The largest absolute Gasteiger partial charge is 0.494 e. The van der Waals surface area contributed by atoms with E-state index in [9.17, 15) is 20.4 Å². The number of anilines is 1. The fraction of sp³-hybridized carbons (Fsp3) is 0.714. The van der Waals surface area contributed by atoms with Gasteiger partial charge in [-0.15, -0.1) is 12.3 Å². The first-order valence-electron chi connectivity index (χ1n) is 13.5. The highest BCUT2D eigenvalue weighted by Crippen LogP contribution is 2.24. The van der Waals surface area contributed by atoms with Crippen molar-refractivity contribution >= 4 is 5.69 Å². The maximum atomic E-state index is 10.2. The Balaban J connectivity index is 1.31. The Labute approximate surface area is 215 Å². The molecule has 1 unspecified atom stereocenters. The summed E-state index contributed by atoms with van der Waals surface area (Å²) >= 11 is 0. The summed E-state index contributed by atoms with van der Waals surface area (Å²) in [5.74, 6) is 3.59. The monoisotopic (exact) mass is 504 g/mol. The number of hydrogen-bond acceptors (Lipinski definition) is 8. The zero-order chi connectivity index (χ0) is 25.8. The van der Waals surface area contributed by atoms with E-state index in [1.165, 1.54) is 38.5 Å². The number of terminal acetylenes is 1. The second-order valence-corrected chi connectivity index (χ2v) is 9.95. The molecule has 1 aromatic carbocycles. The van der Waals surface area contributed by atoms with Crippen LogP contribution in [0.1, 0.15) is 57.8 Å². The SMILES string of the molecule is C#CCCCCCCCCCCOc1cccc(N2CCN(C[C@H]3OC(O)[C@H](O)[C@@H](O)[C@H]3O)CC2)c1. The lowest BCUT2D eigenvalue weighted by Crippen LogP contribution is -2.61. The molecular weight excluding hydrogens is 460 g/mol. The molecule has 5 atom stereocenters. The zero-order valence-electron chi connectivity index (χ0n) is 21.4. The summed E-state index contributed by atoms with van der Waals surface area (Å²) in [6, 6.07) is 8.21. The highest BCUT2D eigenvalue weighted by molar-refractivity contribution is 5.51. The van der Waals surface area contributed by atoms with Crippen molar-refractivity contribution in [2.24, 2.45) is 0 Å². The minimum absolute atomic E-state index is 0.380. The summed E-state index contributed by atoms with van der Waals surface area (Å²) in [6.07, 6.45) is 9.56. The predicted molar refractivity (Wildman–Crippen MR) is 140 cm³/mol. The molecule has 202 valence electrons. The molecule has 2 fully saturated rings. The Hall–Kier alpha value is -1.86. The van der Waals surface area contributed by atoms with E-state index in [2.05, 4.69) is 27.9 Å². The number of hydrogen-bond donors (Lipinski definition) is 4. The van der Waals surface area contributed by atoms with Gasteiger partial charge in [-0.3, -0.25) is 4.90 Å². The van der Waals surface area contributed by atoms with Crippen molar-refractivity contribution in [3.05, 3.63) is 24.3 Å². The third kappa shape index (κ3) is 8.91. The second kappa shape index (κ2) is 15.4. The molecule has 4 N–H and O–H groups in total. The van der Waals surface area contributed by atoms with Gasteiger partial charge >= 0.3 is 0 Å². The number of piperazine rings is 1. The lowest BCUT2D eigenvalue weighted by molar-refractivity contribution is -0.283. The molecule has 0 spiro atoms. The van der Waals surface area contributed by atoms with Crippen molar-refractivity contribution in [1.82, 2.24) is 4.90 Å². The maximum Gasteiger partial charge on any atom is 0.184 e. The van der Waals surface area contributed by atoms with Gasteiger partial charge in [0.2, 0.25) is 0 Å². The highest BCUT2D eigenvalue weighted by atomic mass is 16.6. The molecule has 3 rings (SSSR count). The smallest absolute Gasteiger partial charge is 0.184 e. The number of aliphatic hydroxyl groups excluding tert-OH is 4. The number of aliphatic hydroxyl groups is 4. The zero-order valence-corrected chi connectivity index (χ0v) is 21.4. The number of nitrogens with zero attached hydrogens (tertiary/aromatic N) is 2. The molecule has 0 saturated carbocycles. The summed E-state index contributed by atoms with van der Waals surface area (Å²) in [5, 5.41) is 39.5. The molecule has 2 heterocycles. The minimum atomic E-state index is -1.50. The van der Waals surface area contributed by atoms with Crippen LogP contribution < -0.4 is 9.64 Å². The van der Waals surface area contributed by atoms with Crippen molar-refractivity contribution in [3.8, 4) is 18.1 Å². The summed E-state index contributed by atoms with van der Waals surface area (Å²) < 4.78 is 11.3. The average molecular weight is 505 g/mol. The quantitative estimate of drug-likeness (QED) is 0.226. The number of benzene rings is 1. The summed E-state index contributed by atoms with van der Waals surface area (Å²) in [7, 11) is 0. The van der Waals surface area contributed by atoms with Crippen LogP contribution in [0.25, 0.3) is 0 Å². The molecule has 0 aromatic heterocycles. The standard InChI is InChI=1S/C28H44N2O6/c1-2-3-4-5-6-7-8-9-10-11-19-35-23-14-12-13-22(20-23)30-17-15-29(16-18-30)21-24-25(31)26(32)27(33)28(34)36-24/h1,12-14,20,24-28,31-34H,3-11,15-19,21H2/t24-,25+,26+,27-,28?/m1/s1. The van der Waals surface area contributed by atoms with Gasteiger partial charge in [0.1, 0.15) is 30.2 Å². The van der Waals surface area contributed by atoms with Crippen molar-refractivity contribution in [2.75, 3.05) is 44.2 Å². The fourth-order valence-corrected chi connectivity index (χ4v) is 4.87. The number of unbranched alkanes of at least 4 members (excludes halogenated alkanes) is 8. The molecule has 2 aliphatic rings. The van der Waals surface area contributed by atoms with E-state index in [0.717, 1.165) is 63.5 Å². The van der Waals surface area contributed by atoms with E-state index < -0.39 is 30.7 Å². The van der Waals surface area contributed by atoms with Crippen molar-refractivity contribution < 1.29 is 29.9 Å². The third-order valence-corrected chi connectivity index (χ3v) is 7.16. The molecule has 8 heteroatoms. The first-order valence-corrected chi connectivity index (χ1v) is 13.5. The third-order valence-electron chi connectivity index (χ3n) is 7.16. The van der Waals surface area contributed by atoms with Crippen LogP contribution in [0.4, 0.5) is 5.69 Å². The minimum Gasteiger partial charge on any atom is -0.494 e. The van der Waals surface area contributed by atoms with Crippen LogP contribution in [0.3, 0.4) is 0 Å². The predicted octanol–water partition coefficient (Wildman–Crippen LogP) is 2.13. The molecule has 8 nitrogen and oxygen atoms in total. The van der Waals surface area contributed by atoms with Gasteiger partial charge in [0.15, 0.2) is 6.29 Å². The van der Waals surface area contributed by atoms with Gasteiger partial charge in [-0.25, -0.2) is 0 Å². The Morgan fingerprint density at radius 1 is 0.861 bits per heavy atom. The van der Waals surface area contributed by atoms with Crippen LogP contribution in [0.15, 0.2) is 24.3 Å². The molecule has 1 aromatic rings. The Morgan fingerprint density at radius 3 is 2.22 bits per heavy atom. The molecule has 0 radical (unpaired) electrons. The number of ether oxygens (including phenoxy) is 2. The van der Waals surface area contributed by atoms with E-state index in [4.69, 9.17) is 15.9 Å². The Bertz CT molecular complexity index is 794. The first-order chi connectivity index (χ1) is 17.5. The Morgan fingerprint density at radius 2 is 1.53 bits per heavy atom. The average Bonchev–Trinajstić information content (AvgIpc) is 2.90. The molecule has 2 saturated heterocycles. The topological polar surface area (TPSA) is 106 Å². The highest BCUT2D eigenvalue weighted by Gasteiger charge is 2.43. The Kier molecular flexibility index (Phi) is 12.3. The van der Waals surface area contributed by atoms with Crippen molar-refractivity contribution in [3.63, 3.8) is 0 Å². The first kappa shape index (κ1) is 28.7. The van der Waals surface area contributed by atoms with Crippen molar-refractivity contribution in [1.29, 1.82) is 0 Å². The van der Waals surface area contributed by atoms with Crippen LogP contribution in [0, 0.1) is 12.3 Å². The van der Waals surface area contributed by atoms with Gasteiger partial charge in [0.05, 0.1) is 6.61 Å². The van der Waals surface area contributed by atoms with Gasteiger partial charge in [-0.1, -0.05) is 44.6 Å². The van der Waals surface area contributed by atoms with Crippen molar-refractivity contribution in [2.45, 2.75) is 88.5 Å². The molecule has 0 amide bonds. The van der Waals surface area contributed by atoms with E-state index >= 15 is 0 Å².